The van der Waals surface area contributed by atoms with E-state index in [9.17, 15) is 18.8 Å². The lowest BCUT2D eigenvalue weighted by Gasteiger charge is -2.35. The van der Waals surface area contributed by atoms with Crippen LogP contribution >= 0.6 is 0 Å². The number of aryl methyl sites for hydroxylation is 1. The van der Waals surface area contributed by atoms with Crippen LogP contribution in [-0.4, -0.2) is 55.7 Å². The largest absolute Gasteiger partial charge is 0.369 e. The van der Waals surface area contributed by atoms with Gasteiger partial charge in [-0.1, -0.05) is 0 Å². The predicted octanol–water partition coefficient (Wildman–Crippen LogP) is -0.620. The smallest absolute Gasteiger partial charge is 0.332 e. The topological polar surface area (TPSA) is 111 Å². The molecule has 0 unspecified atom stereocenters. The van der Waals surface area contributed by atoms with Crippen LogP contribution in [0.15, 0.2) is 33.9 Å². The number of rotatable bonds is 5. The second kappa shape index (κ2) is 7.99. The minimum absolute atomic E-state index is 0.184. The number of imidazole rings is 1. The van der Waals surface area contributed by atoms with Crippen molar-refractivity contribution in [2.45, 2.75) is 13.1 Å². The zero-order valence-electron chi connectivity index (χ0n) is 17.4. The first-order valence-electron chi connectivity index (χ1n) is 9.92. The van der Waals surface area contributed by atoms with Crippen LogP contribution in [-0.2, 0) is 32.0 Å². The van der Waals surface area contributed by atoms with Crippen LogP contribution in [0.3, 0.4) is 0 Å². The lowest BCUT2D eigenvalue weighted by Crippen LogP contribution is -2.46. The van der Waals surface area contributed by atoms with Crippen LogP contribution in [0.4, 0.5) is 10.1 Å². The standard InChI is InChI=1S/C20H24FN7O3/c1-24-18-17(19(30)25(2)20(24)31)28(11-15(22)29)16(23-18)12-26-7-9-27(10-8-26)14-5-3-13(21)4-6-14/h3-6H,7-12H2,1-2H3,(H2,22,29). The summed E-state index contributed by atoms with van der Waals surface area (Å²) >= 11 is 0. The van der Waals surface area contributed by atoms with E-state index in [2.05, 4.69) is 14.8 Å². The predicted molar refractivity (Wildman–Crippen MR) is 113 cm³/mol. The van der Waals surface area contributed by atoms with Crippen molar-refractivity contribution in [1.29, 1.82) is 0 Å². The minimum atomic E-state index is -0.599. The zero-order valence-corrected chi connectivity index (χ0v) is 17.4. The summed E-state index contributed by atoms with van der Waals surface area (Å²) in [5.41, 5.74) is 5.79. The van der Waals surface area contributed by atoms with Gasteiger partial charge in [0.15, 0.2) is 11.2 Å². The molecular weight excluding hydrogens is 405 g/mol. The van der Waals surface area contributed by atoms with Gasteiger partial charge < -0.3 is 15.2 Å². The van der Waals surface area contributed by atoms with Gasteiger partial charge >= 0.3 is 5.69 Å². The number of carbonyl (C=O) groups excluding carboxylic acids is 1. The molecule has 1 fully saturated rings. The fraction of sp³-hybridized carbons (Fsp3) is 0.400. The molecule has 31 heavy (non-hydrogen) atoms. The van der Waals surface area contributed by atoms with Crippen molar-refractivity contribution in [3.8, 4) is 0 Å². The molecule has 1 aliphatic heterocycles. The molecule has 10 nitrogen and oxygen atoms in total. The molecule has 0 radical (unpaired) electrons. The second-order valence-electron chi connectivity index (χ2n) is 7.70. The highest BCUT2D eigenvalue weighted by molar-refractivity contribution is 5.78. The molecule has 0 spiro atoms. The van der Waals surface area contributed by atoms with Crippen LogP contribution in [0.1, 0.15) is 5.82 Å². The highest BCUT2D eigenvalue weighted by atomic mass is 19.1. The van der Waals surface area contributed by atoms with Crippen LogP contribution in [0.5, 0.6) is 0 Å². The van der Waals surface area contributed by atoms with Crippen LogP contribution in [0.25, 0.3) is 11.2 Å². The summed E-state index contributed by atoms with van der Waals surface area (Å²) < 4.78 is 17.0. The van der Waals surface area contributed by atoms with Gasteiger partial charge in [0.1, 0.15) is 18.2 Å². The number of halogens is 1. The van der Waals surface area contributed by atoms with Gasteiger partial charge in [0, 0.05) is 46.0 Å². The molecule has 2 N–H and O–H groups in total. The first kappa shape index (κ1) is 20.8. The summed E-state index contributed by atoms with van der Waals surface area (Å²) in [6.07, 6.45) is 0. The number of benzene rings is 1. The van der Waals surface area contributed by atoms with Gasteiger partial charge in [0.05, 0.1) is 6.54 Å². The summed E-state index contributed by atoms with van der Waals surface area (Å²) in [5.74, 6) is -0.365. The minimum Gasteiger partial charge on any atom is -0.369 e. The van der Waals surface area contributed by atoms with E-state index in [1.165, 1.54) is 35.4 Å². The number of hydrogen-bond acceptors (Lipinski definition) is 6. The van der Waals surface area contributed by atoms with E-state index in [0.29, 0.717) is 25.5 Å². The van der Waals surface area contributed by atoms with Gasteiger partial charge in [-0.05, 0) is 24.3 Å². The van der Waals surface area contributed by atoms with Gasteiger partial charge in [-0.2, -0.15) is 0 Å². The molecule has 0 aliphatic carbocycles. The Balaban J connectivity index is 1.61. The zero-order chi connectivity index (χ0) is 22.3. The Bertz CT molecular complexity index is 1250. The molecule has 1 aliphatic rings. The van der Waals surface area contributed by atoms with Crippen LogP contribution in [0, 0.1) is 5.82 Å². The maximum Gasteiger partial charge on any atom is 0.332 e. The highest BCUT2D eigenvalue weighted by Gasteiger charge is 2.23. The van der Waals surface area contributed by atoms with E-state index in [1.807, 2.05) is 0 Å². The third kappa shape index (κ3) is 3.83. The van der Waals surface area contributed by atoms with Gasteiger partial charge in [-0.15, -0.1) is 0 Å². The molecule has 11 heteroatoms. The Kier molecular flexibility index (Phi) is 5.36. The number of piperazine rings is 1. The average Bonchev–Trinajstić information content (AvgIpc) is 3.09. The molecule has 0 atom stereocenters. The van der Waals surface area contributed by atoms with E-state index in [4.69, 9.17) is 5.73 Å². The molecule has 164 valence electrons. The SMILES string of the molecule is Cn1c(=O)c2c(nc(CN3CCN(c4ccc(F)cc4)CC3)n2CC(N)=O)n(C)c1=O. The highest BCUT2D eigenvalue weighted by Crippen LogP contribution is 2.19. The summed E-state index contributed by atoms with van der Waals surface area (Å²) in [4.78, 5) is 45.5. The van der Waals surface area contributed by atoms with E-state index in [-0.39, 0.29) is 23.5 Å². The second-order valence-corrected chi connectivity index (χ2v) is 7.70. The monoisotopic (exact) mass is 429 g/mol. The van der Waals surface area contributed by atoms with Gasteiger partial charge in [0.2, 0.25) is 5.91 Å². The van der Waals surface area contributed by atoms with E-state index in [0.717, 1.165) is 23.3 Å². The van der Waals surface area contributed by atoms with Crippen molar-refractivity contribution in [1.82, 2.24) is 23.6 Å². The Hall–Kier alpha value is -3.47. The normalized spacial score (nSPS) is 15.0. The number of nitrogens with zero attached hydrogens (tertiary/aromatic N) is 6. The van der Waals surface area contributed by atoms with Crippen LogP contribution < -0.4 is 21.9 Å². The number of anilines is 1. The molecule has 3 aromatic rings. The van der Waals surface area contributed by atoms with Gasteiger partial charge in [-0.25, -0.2) is 14.2 Å². The molecule has 4 rings (SSSR count). The summed E-state index contributed by atoms with van der Waals surface area (Å²) in [6, 6.07) is 6.40. The van der Waals surface area contributed by atoms with Crippen molar-refractivity contribution >= 4 is 22.8 Å². The first-order valence-corrected chi connectivity index (χ1v) is 9.92. The van der Waals surface area contributed by atoms with Crippen molar-refractivity contribution < 1.29 is 9.18 Å². The fourth-order valence-electron chi connectivity index (χ4n) is 3.95. The van der Waals surface area contributed by atoms with Gasteiger partial charge in [-0.3, -0.25) is 23.6 Å². The maximum absolute atomic E-state index is 13.2. The number of nitrogens with two attached hydrogens (primary N) is 1. The molecule has 3 heterocycles. The van der Waals surface area contributed by atoms with E-state index in [1.54, 1.807) is 12.1 Å². The number of fused-ring (bicyclic) bond motifs is 1. The Morgan fingerprint density at radius 1 is 1.06 bits per heavy atom. The van der Waals surface area contributed by atoms with Crippen molar-refractivity contribution in [2.24, 2.45) is 19.8 Å². The maximum atomic E-state index is 13.2. The number of amides is 1. The molecule has 1 aromatic carbocycles. The van der Waals surface area contributed by atoms with Crippen molar-refractivity contribution in [3.63, 3.8) is 0 Å². The van der Waals surface area contributed by atoms with Crippen LogP contribution in [0.2, 0.25) is 0 Å². The molecule has 2 aromatic heterocycles. The third-order valence-corrected chi connectivity index (χ3v) is 5.67. The Labute approximate surface area is 176 Å². The summed E-state index contributed by atoms with van der Waals surface area (Å²) in [7, 11) is 2.93. The average molecular weight is 429 g/mol. The van der Waals surface area contributed by atoms with E-state index >= 15 is 0 Å². The molecule has 1 saturated heterocycles. The molecule has 0 bridgehead atoms. The number of carbonyl (C=O) groups is 1. The molecular formula is C20H24FN7O3. The summed E-state index contributed by atoms with van der Waals surface area (Å²) in [5, 5.41) is 0. The molecule has 0 saturated carbocycles. The lowest BCUT2D eigenvalue weighted by atomic mass is 10.2. The number of hydrogen-bond donors (Lipinski definition) is 1. The van der Waals surface area contributed by atoms with Crippen molar-refractivity contribution in [2.75, 3.05) is 31.1 Å². The van der Waals surface area contributed by atoms with Crippen molar-refractivity contribution in [3.05, 3.63) is 56.7 Å². The fourth-order valence-corrected chi connectivity index (χ4v) is 3.95. The molecule has 1 amide bonds. The Morgan fingerprint density at radius 3 is 2.32 bits per heavy atom. The van der Waals surface area contributed by atoms with E-state index < -0.39 is 17.2 Å². The number of aromatic nitrogens is 4. The third-order valence-electron chi connectivity index (χ3n) is 5.67. The lowest BCUT2D eigenvalue weighted by molar-refractivity contribution is -0.118. The van der Waals surface area contributed by atoms with Gasteiger partial charge in [0.25, 0.3) is 5.56 Å². The summed E-state index contributed by atoms with van der Waals surface area (Å²) in [6.45, 7) is 3.11. The first-order chi connectivity index (χ1) is 14.8. The Morgan fingerprint density at radius 2 is 1.71 bits per heavy atom. The quantitative estimate of drug-likeness (QED) is 0.579. The number of primary amides is 1.